The van der Waals surface area contributed by atoms with Crippen LogP contribution in [0.1, 0.15) is 0 Å². The second-order valence-corrected chi connectivity index (χ2v) is 2.08. The van der Waals surface area contributed by atoms with Crippen molar-refractivity contribution in [3.05, 3.63) is 30.1 Å². The zero-order valence-electron chi connectivity index (χ0n) is 6.07. The van der Waals surface area contributed by atoms with Gasteiger partial charge in [-0.1, -0.05) is 18.2 Å². The molecule has 1 aromatic carbocycles. The van der Waals surface area contributed by atoms with Crippen molar-refractivity contribution in [3.8, 4) is 6.26 Å². The highest BCUT2D eigenvalue weighted by molar-refractivity contribution is 6.60. The minimum Gasteiger partial charge on any atom is -0.463 e. The SMILES string of the molecule is N#COB(O)c1ccccc1F. The van der Waals surface area contributed by atoms with E-state index in [1.807, 2.05) is 0 Å². The van der Waals surface area contributed by atoms with E-state index in [9.17, 15) is 4.39 Å². The summed E-state index contributed by atoms with van der Waals surface area (Å²) in [5, 5.41) is 17.1. The van der Waals surface area contributed by atoms with Gasteiger partial charge in [0.15, 0.2) is 0 Å². The summed E-state index contributed by atoms with van der Waals surface area (Å²) in [5.41, 5.74) is -0.0425. The van der Waals surface area contributed by atoms with Crippen LogP contribution in [0.4, 0.5) is 4.39 Å². The largest absolute Gasteiger partial charge is 0.573 e. The number of nitrogens with zero attached hydrogens (tertiary/aromatic N) is 1. The summed E-state index contributed by atoms with van der Waals surface area (Å²) in [6, 6.07) is 5.55. The van der Waals surface area contributed by atoms with Gasteiger partial charge in [-0.25, -0.2) is 4.39 Å². The Bertz CT molecular complexity index is 313. The molecule has 1 aromatic rings. The maximum atomic E-state index is 12.8. The van der Waals surface area contributed by atoms with Gasteiger partial charge in [0.25, 0.3) is 6.26 Å². The molecule has 0 unspecified atom stereocenters. The third-order valence-electron chi connectivity index (χ3n) is 1.34. The van der Waals surface area contributed by atoms with Crippen LogP contribution in [-0.4, -0.2) is 12.1 Å². The predicted molar refractivity (Wildman–Crippen MR) is 40.7 cm³/mol. The third kappa shape index (κ3) is 1.74. The fraction of sp³-hybridized carbons (Fsp3) is 0. The molecule has 0 bridgehead atoms. The van der Waals surface area contributed by atoms with Crippen LogP contribution in [0, 0.1) is 17.3 Å². The van der Waals surface area contributed by atoms with Gasteiger partial charge in [-0.05, 0) is 6.07 Å². The van der Waals surface area contributed by atoms with Gasteiger partial charge in [0.2, 0.25) is 0 Å². The first-order valence-electron chi connectivity index (χ1n) is 3.23. The van der Waals surface area contributed by atoms with Crippen LogP contribution in [0.2, 0.25) is 0 Å². The Morgan fingerprint density at radius 3 is 2.75 bits per heavy atom. The van der Waals surface area contributed by atoms with E-state index in [0.29, 0.717) is 0 Å². The zero-order chi connectivity index (χ0) is 8.97. The van der Waals surface area contributed by atoms with E-state index in [4.69, 9.17) is 10.3 Å². The van der Waals surface area contributed by atoms with Gasteiger partial charge in [0, 0.05) is 5.46 Å². The molecule has 3 nitrogen and oxygen atoms in total. The lowest BCUT2D eigenvalue weighted by molar-refractivity contribution is 0.400. The molecule has 0 aliphatic carbocycles. The fourth-order valence-corrected chi connectivity index (χ4v) is 0.789. The quantitative estimate of drug-likeness (QED) is 0.496. The van der Waals surface area contributed by atoms with E-state index >= 15 is 0 Å². The summed E-state index contributed by atoms with van der Waals surface area (Å²) in [6.07, 6.45) is 1.28. The lowest BCUT2D eigenvalue weighted by Crippen LogP contribution is -2.34. The van der Waals surface area contributed by atoms with Crippen molar-refractivity contribution in [2.45, 2.75) is 0 Å². The molecule has 0 atom stereocenters. The maximum Gasteiger partial charge on any atom is 0.573 e. The number of rotatable bonds is 2. The average Bonchev–Trinajstić information content (AvgIpc) is 2.05. The highest BCUT2D eigenvalue weighted by atomic mass is 19.1. The number of hydrogen-bond donors (Lipinski definition) is 1. The van der Waals surface area contributed by atoms with Gasteiger partial charge < -0.3 is 9.68 Å². The van der Waals surface area contributed by atoms with Gasteiger partial charge >= 0.3 is 7.12 Å². The van der Waals surface area contributed by atoms with Gasteiger partial charge in [-0.2, -0.15) is 5.26 Å². The first kappa shape index (κ1) is 8.56. The van der Waals surface area contributed by atoms with E-state index in [2.05, 4.69) is 4.65 Å². The number of halogens is 1. The van der Waals surface area contributed by atoms with Gasteiger partial charge in [0.1, 0.15) is 5.82 Å². The summed E-state index contributed by atoms with van der Waals surface area (Å²) in [4.78, 5) is 0. The molecule has 0 amide bonds. The normalized spacial score (nSPS) is 8.75. The smallest absolute Gasteiger partial charge is 0.463 e. The summed E-state index contributed by atoms with van der Waals surface area (Å²) in [5.74, 6) is -0.597. The van der Waals surface area contributed by atoms with Crippen molar-refractivity contribution < 1.29 is 14.1 Å². The molecule has 0 aromatic heterocycles. The Balaban J connectivity index is 2.88. The van der Waals surface area contributed by atoms with Crippen molar-refractivity contribution in [3.63, 3.8) is 0 Å². The number of benzene rings is 1. The molecule has 0 spiro atoms. The second-order valence-electron chi connectivity index (χ2n) is 2.08. The van der Waals surface area contributed by atoms with Crippen molar-refractivity contribution >= 4 is 12.6 Å². The van der Waals surface area contributed by atoms with E-state index in [1.54, 1.807) is 6.07 Å². The highest BCUT2D eigenvalue weighted by Gasteiger charge is 2.21. The van der Waals surface area contributed by atoms with Crippen LogP contribution in [0.25, 0.3) is 0 Å². The Hall–Kier alpha value is -1.54. The first-order chi connectivity index (χ1) is 5.75. The van der Waals surface area contributed by atoms with Crippen LogP contribution in [0.15, 0.2) is 24.3 Å². The minimum atomic E-state index is -1.52. The molecular formula is C7H5BFNO2. The highest BCUT2D eigenvalue weighted by Crippen LogP contribution is 1.94. The Morgan fingerprint density at radius 2 is 2.17 bits per heavy atom. The summed E-state index contributed by atoms with van der Waals surface area (Å²) >= 11 is 0. The van der Waals surface area contributed by atoms with Crippen LogP contribution in [0.5, 0.6) is 0 Å². The summed E-state index contributed by atoms with van der Waals surface area (Å²) < 4.78 is 16.9. The average molecular weight is 165 g/mol. The van der Waals surface area contributed by atoms with Crippen molar-refractivity contribution in [2.24, 2.45) is 0 Å². The standard InChI is InChI=1S/C7H5BFNO2/c9-7-4-2-1-3-6(7)8(11)12-5-10/h1-4,11H. The number of nitriles is 1. The molecule has 60 valence electrons. The molecule has 0 saturated carbocycles. The van der Waals surface area contributed by atoms with E-state index in [0.717, 1.165) is 0 Å². The maximum absolute atomic E-state index is 12.8. The molecule has 0 aliphatic heterocycles. The van der Waals surface area contributed by atoms with E-state index in [-0.39, 0.29) is 5.46 Å². The third-order valence-corrected chi connectivity index (χ3v) is 1.34. The van der Waals surface area contributed by atoms with Gasteiger partial charge in [-0.3, -0.25) is 0 Å². The molecule has 0 saturated heterocycles. The zero-order valence-corrected chi connectivity index (χ0v) is 6.07. The minimum absolute atomic E-state index is 0.0425. The number of hydrogen-bond acceptors (Lipinski definition) is 3. The van der Waals surface area contributed by atoms with E-state index < -0.39 is 12.9 Å². The molecule has 1 rings (SSSR count). The fourth-order valence-electron chi connectivity index (χ4n) is 0.789. The van der Waals surface area contributed by atoms with E-state index in [1.165, 1.54) is 24.5 Å². The van der Waals surface area contributed by atoms with Crippen molar-refractivity contribution in [2.75, 3.05) is 0 Å². The lowest BCUT2D eigenvalue weighted by atomic mass is 9.79. The van der Waals surface area contributed by atoms with Crippen molar-refractivity contribution in [1.82, 2.24) is 0 Å². The predicted octanol–water partition coefficient (Wildman–Crippen LogP) is 0.0109. The monoisotopic (exact) mass is 165 g/mol. The molecule has 0 aliphatic rings. The van der Waals surface area contributed by atoms with Crippen molar-refractivity contribution in [1.29, 1.82) is 5.26 Å². The molecule has 12 heavy (non-hydrogen) atoms. The Morgan fingerprint density at radius 1 is 1.50 bits per heavy atom. The molecule has 1 N–H and O–H groups in total. The van der Waals surface area contributed by atoms with Crippen LogP contribution in [0.3, 0.4) is 0 Å². The Labute approximate surface area is 69.2 Å². The Kier molecular flexibility index (Phi) is 2.67. The molecule has 0 fully saturated rings. The molecule has 0 heterocycles. The second kappa shape index (κ2) is 3.74. The topological polar surface area (TPSA) is 53.2 Å². The molecular weight excluding hydrogens is 160 g/mol. The lowest BCUT2D eigenvalue weighted by Gasteiger charge is -2.01. The molecule has 5 heteroatoms. The van der Waals surface area contributed by atoms with Gasteiger partial charge in [0.05, 0.1) is 0 Å². The summed E-state index contributed by atoms with van der Waals surface area (Å²) in [6.45, 7) is 0. The van der Waals surface area contributed by atoms with Gasteiger partial charge in [-0.15, -0.1) is 0 Å². The van der Waals surface area contributed by atoms with Crippen LogP contribution >= 0.6 is 0 Å². The van der Waals surface area contributed by atoms with Crippen LogP contribution in [-0.2, 0) is 4.65 Å². The first-order valence-corrected chi connectivity index (χ1v) is 3.23. The molecule has 0 radical (unpaired) electrons. The van der Waals surface area contributed by atoms with Crippen LogP contribution < -0.4 is 5.46 Å². The summed E-state index contributed by atoms with van der Waals surface area (Å²) in [7, 11) is -1.52.